The number of imidazole rings is 1. The van der Waals surface area contributed by atoms with Gasteiger partial charge in [0.1, 0.15) is 5.82 Å². The van der Waals surface area contributed by atoms with Gasteiger partial charge in [-0.3, -0.25) is 23.9 Å². The number of aryl methyl sites for hydroxylation is 2. The van der Waals surface area contributed by atoms with Crippen molar-refractivity contribution >= 4 is 35.9 Å². The molecule has 2 aromatic heterocycles. The summed E-state index contributed by atoms with van der Waals surface area (Å²) < 4.78 is 29.1. The third-order valence-corrected chi connectivity index (χ3v) is 12.2. The number of piperidine rings is 1. The lowest BCUT2D eigenvalue weighted by Gasteiger charge is -2.46. The Balaban J connectivity index is 0.920. The molecule has 2 aromatic carbocycles. The van der Waals surface area contributed by atoms with E-state index in [2.05, 4.69) is 25.5 Å². The summed E-state index contributed by atoms with van der Waals surface area (Å²) in [6.07, 6.45) is 4.63. The first-order chi connectivity index (χ1) is 28.9. The Hall–Kier alpha value is -5.78. The number of quaternary nitrogens is 1. The quantitative estimate of drug-likeness (QED) is 0.0835. The molecule has 0 unspecified atom stereocenters. The summed E-state index contributed by atoms with van der Waals surface area (Å²) in [6, 6.07) is 10.0. The van der Waals surface area contributed by atoms with E-state index < -0.39 is 17.7 Å². The number of carbonyl (C=O) groups excluding carboxylic acids is 5. The van der Waals surface area contributed by atoms with Crippen molar-refractivity contribution in [2.75, 3.05) is 84.5 Å². The number of nitrogens with one attached hydrogen (secondary N) is 2. The minimum Gasteiger partial charge on any atom is -0.391 e. The number of likely N-dealkylation sites (tertiary alicyclic amines) is 1. The van der Waals surface area contributed by atoms with Crippen molar-refractivity contribution in [3.05, 3.63) is 77.3 Å². The molecule has 0 radical (unpaired) electrons. The van der Waals surface area contributed by atoms with E-state index in [1.54, 1.807) is 64.8 Å². The number of anilines is 1. The van der Waals surface area contributed by atoms with Crippen LogP contribution in [0.5, 0.6) is 0 Å². The van der Waals surface area contributed by atoms with Crippen LogP contribution in [0.15, 0.2) is 48.8 Å². The van der Waals surface area contributed by atoms with E-state index in [4.69, 9.17) is 4.74 Å². The average Bonchev–Trinajstić information content (AvgIpc) is 3.79. The Bertz CT molecular complexity index is 2250. The number of ether oxygens (including phenoxy) is 2. The Morgan fingerprint density at radius 3 is 2.38 bits per heavy atom. The lowest BCUT2D eigenvalue weighted by molar-refractivity contribution is -0.929. The number of methoxy groups -OCH3 is 1. The molecule has 3 fully saturated rings. The van der Waals surface area contributed by atoms with Crippen LogP contribution in [-0.2, 0) is 37.4 Å². The van der Waals surface area contributed by atoms with Gasteiger partial charge in [-0.15, -0.1) is 0 Å². The highest BCUT2D eigenvalue weighted by atomic mass is 19.1. The molecule has 60 heavy (non-hydrogen) atoms. The maximum absolute atomic E-state index is 15.5. The topological polar surface area (TPSA) is 170 Å². The number of esters is 1. The summed E-state index contributed by atoms with van der Waals surface area (Å²) in [6.45, 7) is 10.6. The van der Waals surface area contributed by atoms with E-state index in [0.29, 0.717) is 121 Å². The molecule has 3 saturated heterocycles. The maximum atomic E-state index is 15.5. The van der Waals surface area contributed by atoms with Crippen LogP contribution in [0, 0.1) is 31.5 Å². The van der Waals surface area contributed by atoms with Gasteiger partial charge in [-0.1, -0.05) is 12.1 Å². The van der Waals surface area contributed by atoms with Gasteiger partial charge in [0.25, 0.3) is 11.8 Å². The fraction of sp³-hybridized carbons (Fsp3) is 0.465. The normalized spacial score (nSPS) is 19.4. The van der Waals surface area contributed by atoms with Crippen molar-refractivity contribution in [1.29, 1.82) is 0 Å². The highest BCUT2D eigenvalue weighted by Gasteiger charge is 2.42. The molecule has 2 N–H and O–H groups in total. The molecule has 5 heterocycles. The van der Waals surface area contributed by atoms with Crippen LogP contribution in [0.3, 0.4) is 0 Å². The van der Waals surface area contributed by atoms with Gasteiger partial charge in [0, 0.05) is 112 Å². The first kappa shape index (κ1) is 42.3. The molecule has 3 aliphatic rings. The molecule has 0 bridgehead atoms. The molecule has 318 valence electrons. The summed E-state index contributed by atoms with van der Waals surface area (Å²) in [5.41, 5.74) is 4.62. The second-order valence-electron chi connectivity index (χ2n) is 16.2. The number of benzene rings is 2. The highest BCUT2D eigenvalue weighted by molar-refractivity contribution is 6.03. The largest absolute Gasteiger partial charge is 0.391 e. The molecular weight excluding hydrogens is 774 g/mol. The minimum absolute atomic E-state index is 0.0791. The summed E-state index contributed by atoms with van der Waals surface area (Å²) in [4.78, 5) is 71.7. The van der Waals surface area contributed by atoms with Gasteiger partial charge in [0.15, 0.2) is 12.4 Å². The van der Waals surface area contributed by atoms with E-state index in [1.165, 1.54) is 12.3 Å². The number of amides is 3. The molecule has 17 heteroatoms. The van der Waals surface area contributed by atoms with Crippen LogP contribution in [0.25, 0.3) is 22.4 Å². The van der Waals surface area contributed by atoms with Gasteiger partial charge >= 0.3 is 12.4 Å². The lowest BCUT2D eigenvalue weighted by Crippen LogP contribution is -2.62. The zero-order valence-electron chi connectivity index (χ0n) is 34.6. The SMILES string of the molecule is COCCn1cc(-c2ccc(-c3cnc(C(=O)Nc4ccc(C(=O)N5CCN(C(=O)C6CC[N+](CC(=O)OC=O)(CC7CNC7)CC6)CC5)c(C)c4)n3C)cc2F)c(C)n1. The van der Waals surface area contributed by atoms with Gasteiger partial charge in [0.2, 0.25) is 5.91 Å². The number of piperazine rings is 1. The Morgan fingerprint density at radius 2 is 1.73 bits per heavy atom. The zero-order valence-corrected chi connectivity index (χ0v) is 34.6. The van der Waals surface area contributed by atoms with Gasteiger partial charge in [0.05, 0.1) is 50.4 Å². The van der Waals surface area contributed by atoms with Crippen molar-refractivity contribution in [3.8, 4) is 22.4 Å². The molecule has 4 aromatic rings. The predicted octanol–water partition coefficient (Wildman–Crippen LogP) is 3.04. The van der Waals surface area contributed by atoms with Crippen LogP contribution < -0.4 is 10.6 Å². The lowest BCUT2D eigenvalue weighted by atomic mass is 9.90. The summed E-state index contributed by atoms with van der Waals surface area (Å²) in [5, 5.41) is 10.6. The molecule has 0 aliphatic carbocycles. The third-order valence-electron chi connectivity index (χ3n) is 12.2. The second-order valence-corrected chi connectivity index (χ2v) is 16.2. The van der Waals surface area contributed by atoms with Gasteiger partial charge in [-0.2, -0.15) is 5.10 Å². The fourth-order valence-corrected chi connectivity index (χ4v) is 8.75. The Labute approximate surface area is 348 Å². The van der Waals surface area contributed by atoms with E-state index in [9.17, 15) is 24.0 Å². The molecule has 7 rings (SSSR count). The number of hydrogen-bond acceptors (Lipinski definition) is 10. The van der Waals surface area contributed by atoms with Crippen molar-refractivity contribution in [1.82, 2.24) is 34.4 Å². The molecule has 3 aliphatic heterocycles. The van der Waals surface area contributed by atoms with Crippen LogP contribution >= 0.6 is 0 Å². The highest BCUT2D eigenvalue weighted by Crippen LogP contribution is 2.31. The molecule has 0 spiro atoms. The first-order valence-electron chi connectivity index (χ1n) is 20.4. The monoisotopic (exact) mass is 826 g/mol. The number of aromatic nitrogens is 4. The Kier molecular flexibility index (Phi) is 12.9. The van der Waals surface area contributed by atoms with Crippen LogP contribution in [0.4, 0.5) is 10.1 Å². The number of hydrogen-bond donors (Lipinski definition) is 2. The Morgan fingerprint density at radius 1 is 1.00 bits per heavy atom. The summed E-state index contributed by atoms with van der Waals surface area (Å²) >= 11 is 0. The second kappa shape index (κ2) is 18.2. The molecule has 0 atom stereocenters. The molecule has 0 saturated carbocycles. The number of halogens is 1. The number of nitrogens with zero attached hydrogens (tertiary/aromatic N) is 7. The molecule has 3 amide bonds. The van der Waals surface area contributed by atoms with Crippen molar-refractivity contribution < 1.29 is 42.3 Å². The van der Waals surface area contributed by atoms with E-state index in [0.717, 1.165) is 19.6 Å². The maximum Gasteiger partial charge on any atom is 0.369 e. The van der Waals surface area contributed by atoms with Crippen LogP contribution in [-0.4, -0.2) is 143 Å². The van der Waals surface area contributed by atoms with Crippen molar-refractivity contribution in [2.45, 2.75) is 33.2 Å². The smallest absolute Gasteiger partial charge is 0.369 e. The molecule has 16 nitrogen and oxygen atoms in total. The van der Waals surface area contributed by atoms with Crippen molar-refractivity contribution in [2.24, 2.45) is 18.9 Å². The fourth-order valence-electron chi connectivity index (χ4n) is 8.75. The van der Waals surface area contributed by atoms with Gasteiger partial charge in [-0.25, -0.2) is 14.2 Å². The number of rotatable bonds is 14. The zero-order chi connectivity index (χ0) is 42.6. The van der Waals surface area contributed by atoms with Gasteiger partial charge < -0.3 is 39.0 Å². The number of carbonyl (C=O) groups is 5. The van der Waals surface area contributed by atoms with E-state index in [1.807, 2.05) is 18.7 Å². The summed E-state index contributed by atoms with van der Waals surface area (Å²) in [5.74, 6) is -1.06. The molecular formula is C43H53FN9O7+. The average molecular weight is 827 g/mol. The van der Waals surface area contributed by atoms with Crippen LogP contribution in [0.1, 0.15) is 45.1 Å². The minimum atomic E-state index is -0.537. The van der Waals surface area contributed by atoms with E-state index in [-0.39, 0.29) is 36.6 Å². The van der Waals surface area contributed by atoms with E-state index >= 15 is 4.39 Å². The first-order valence-corrected chi connectivity index (χ1v) is 20.4. The third kappa shape index (κ3) is 9.17. The standard InChI is InChI=1S/C43H52FN9O7/c1-28-19-33(47-41(56)40-46-23-38(49(40)3)32-5-7-35(37(44)20-32)36-24-52(15-18-59-4)48-29(36)2)6-8-34(28)43(58)51-13-11-50(12-14-51)42(57)31-9-16-53(17-10-31,25-30-21-45-22-30)26-39(55)60-27-54/h5-8,19-20,23-24,27,30-31,45H,9-18,21-22,25-26H2,1-4H3/p+1. The predicted molar refractivity (Wildman–Crippen MR) is 219 cm³/mol. The van der Waals surface area contributed by atoms with Gasteiger partial charge in [-0.05, 0) is 43.7 Å². The van der Waals surface area contributed by atoms with Crippen molar-refractivity contribution in [3.63, 3.8) is 0 Å². The van der Waals surface area contributed by atoms with Crippen LogP contribution in [0.2, 0.25) is 0 Å². The summed E-state index contributed by atoms with van der Waals surface area (Å²) in [7, 11) is 3.31.